The molecule has 0 aromatic heterocycles. The number of carboxylic acid groups (broad SMARTS) is 1. The molecule has 5 nitrogen and oxygen atoms in total. The van der Waals surface area contributed by atoms with Crippen molar-refractivity contribution >= 4 is 5.97 Å². The summed E-state index contributed by atoms with van der Waals surface area (Å²) >= 11 is 0. The highest BCUT2D eigenvalue weighted by molar-refractivity contribution is 5.66. The van der Waals surface area contributed by atoms with Crippen LogP contribution in [0.15, 0.2) is 18.2 Å². The first-order valence-corrected chi connectivity index (χ1v) is 5.83. The molecule has 0 aliphatic carbocycles. The van der Waals surface area contributed by atoms with E-state index in [9.17, 15) is 22.4 Å². The number of hydrogen-bond donors (Lipinski definition) is 2. The molecule has 0 aliphatic heterocycles. The number of carboxylic acids is 1. The topological polar surface area (TPSA) is 67.8 Å². The summed E-state index contributed by atoms with van der Waals surface area (Å²) in [4.78, 5) is 10.3. The van der Waals surface area contributed by atoms with Crippen molar-refractivity contribution in [2.24, 2.45) is 0 Å². The van der Waals surface area contributed by atoms with Crippen LogP contribution in [-0.2, 0) is 11.3 Å². The maximum atomic E-state index is 12.3. The van der Waals surface area contributed by atoms with Gasteiger partial charge in [-0.25, -0.2) is 0 Å². The number of aliphatic carboxylic acids is 1. The minimum atomic E-state index is -3.12. The van der Waals surface area contributed by atoms with Crippen molar-refractivity contribution in [1.82, 2.24) is 5.32 Å². The second-order valence-corrected chi connectivity index (χ2v) is 3.85. The normalized spacial score (nSPS) is 11.0. The third kappa shape index (κ3) is 6.80. The smallest absolute Gasteiger partial charge is 0.387 e. The summed E-state index contributed by atoms with van der Waals surface area (Å²) in [6.07, 6.45) is -0.141. The fraction of sp³-hybridized carbons (Fsp3) is 0.417. The molecule has 0 saturated heterocycles. The van der Waals surface area contributed by atoms with Gasteiger partial charge in [0.15, 0.2) is 0 Å². The van der Waals surface area contributed by atoms with Gasteiger partial charge in [-0.05, 0) is 6.07 Å². The second kappa shape index (κ2) is 8.30. The van der Waals surface area contributed by atoms with E-state index >= 15 is 0 Å². The summed E-state index contributed by atoms with van der Waals surface area (Å²) in [6.45, 7) is -6.03. The van der Waals surface area contributed by atoms with Crippen molar-refractivity contribution in [3.8, 4) is 11.5 Å². The molecule has 118 valence electrons. The van der Waals surface area contributed by atoms with Gasteiger partial charge in [0, 0.05) is 24.7 Å². The standard InChI is InChI=1S/C12H13F4NO4/c13-11(14)20-8-2-1-7(6-17-4-3-10(18)19)9(5-8)21-12(15)16/h1-2,5,11-12,17H,3-4,6H2,(H,18,19). The highest BCUT2D eigenvalue weighted by Crippen LogP contribution is 2.27. The number of nitrogens with one attached hydrogen (secondary N) is 1. The fourth-order valence-electron chi connectivity index (χ4n) is 1.48. The van der Waals surface area contributed by atoms with Crippen molar-refractivity contribution < 1.29 is 36.9 Å². The number of hydrogen-bond acceptors (Lipinski definition) is 4. The summed E-state index contributed by atoms with van der Waals surface area (Å²) in [7, 11) is 0. The molecule has 0 heterocycles. The first kappa shape index (κ1) is 17.0. The Hall–Kier alpha value is -2.03. The lowest BCUT2D eigenvalue weighted by atomic mass is 10.2. The summed E-state index contributed by atoms with van der Waals surface area (Å²) in [6, 6.07) is 3.38. The zero-order chi connectivity index (χ0) is 15.8. The number of benzene rings is 1. The number of halogens is 4. The van der Waals surface area contributed by atoms with E-state index in [1.165, 1.54) is 12.1 Å². The predicted molar refractivity (Wildman–Crippen MR) is 63.7 cm³/mol. The third-order valence-electron chi connectivity index (χ3n) is 2.31. The number of rotatable bonds is 9. The van der Waals surface area contributed by atoms with Gasteiger partial charge in [-0.2, -0.15) is 17.6 Å². The Morgan fingerprint density at radius 3 is 2.43 bits per heavy atom. The lowest BCUT2D eigenvalue weighted by Crippen LogP contribution is -2.18. The molecule has 1 aromatic rings. The highest BCUT2D eigenvalue weighted by Gasteiger charge is 2.13. The minimum Gasteiger partial charge on any atom is -0.481 e. The average molecular weight is 311 g/mol. The van der Waals surface area contributed by atoms with Crippen LogP contribution < -0.4 is 14.8 Å². The van der Waals surface area contributed by atoms with E-state index in [-0.39, 0.29) is 36.6 Å². The maximum absolute atomic E-state index is 12.3. The summed E-state index contributed by atoms with van der Waals surface area (Å²) in [5.74, 6) is -1.63. The van der Waals surface area contributed by atoms with Crippen LogP contribution in [0.4, 0.5) is 17.6 Å². The number of carbonyl (C=O) groups is 1. The Balaban J connectivity index is 2.73. The van der Waals surface area contributed by atoms with E-state index in [0.29, 0.717) is 0 Å². The van der Waals surface area contributed by atoms with E-state index in [4.69, 9.17) is 5.11 Å². The second-order valence-electron chi connectivity index (χ2n) is 3.85. The Morgan fingerprint density at radius 2 is 1.86 bits per heavy atom. The van der Waals surface area contributed by atoms with Crippen LogP contribution in [0.2, 0.25) is 0 Å². The molecule has 0 unspecified atom stereocenters. The molecule has 0 aliphatic rings. The molecule has 0 spiro atoms. The Bertz CT molecular complexity index is 471. The molecule has 9 heteroatoms. The lowest BCUT2D eigenvalue weighted by Gasteiger charge is -2.13. The van der Waals surface area contributed by atoms with E-state index in [2.05, 4.69) is 14.8 Å². The van der Waals surface area contributed by atoms with Crippen molar-refractivity contribution in [3.05, 3.63) is 23.8 Å². The van der Waals surface area contributed by atoms with Crippen molar-refractivity contribution in [3.63, 3.8) is 0 Å². The largest absolute Gasteiger partial charge is 0.481 e. The molecular formula is C12H13F4NO4. The minimum absolute atomic E-state index is 0.0459. The molecule has 0 atom stereocenters. The molecule has 0 radical (unpaired) electrons. The Kier molecular flexibility index (Phi) is 6.73. The first-order chi connectivity index (χ1) is 9.88. The van der Waals surface area contributed by atoms with E-state index in [0.717, 1.165) is 6.07 Å². The van der Waals surface area contributed by atoms with Crippen LogP contribution in [-0.4, -0.2) is 30.8 Å². The first-order valence-electron chi connectivity index (χ1n) is 5.83. The fourth-order valence-corrected chi connectivity index (χ4v) is 1.48. The molecule has 1 aromatic carbocycles. The average Bonchev–Trinajstić information content (AvgIpc) is 2.35. The van der Waals surface area contributed by atoms with Crippen molar-refractivity contribution in [2.45, 2.75) is 26.2 Å². The van der Waals surface area contributed by atoms with Crippen LogP contribution in [0.1, 0.15) is 12.0 Å². The number of alkyl halides is 4. The van der Waals surface area contributed by atoms with Crippen molar-refractivity contribution in [2.75, 3.05) is 6.54 Å². The van der Waals surface area contributed by atoms with E-state index in [1.807, 2.05) is 0 Å². The Labute approximate surface area is 117 Å². The summed E-state index contributed by atoms with van der Waals surface area (Å²) < 4.78 is 57.0. The zero-order valence-electron chi connectivity index (χ0n) is 10.7. The molecule has 0 saturated carbocycles. The highest BCUT2D eigenvalue weighted by atomic mass is 19.3. The van der Waals surface area contributed by atoms with Gasteiger partial charge in [0.2, 0.25) is 0 Å². The summed E-state index contributed by atoms with van der Waals surface area (Å²) in [5, 5.41) is 11.2. The predicted octanol–water partition coefficient (Wildman–Crippen LogP) is 2.45. The Morgan fingerprint density at radius 1 is 1.19 bits per heavy atom. The SMILES string of the molecule is O=C(O)CCNCc1ccc(OC(F)F)cc1OC(F)F. The van der Waals surface area contributed by atoms with Gasteiger partial charge in [0.05, 0.1) is 6.42 Å². The van der Waals surface area contributed by atoms with Crippen LogP contribution >= 0.6 is 0 Å². The molecule has 1 rings (SSSR count). The number of ether oxygens (including phenoxy) is 2. The lowest BCUT2D eigenvalue weighted by molar-refractivity contribution is -0.136. The quantitative estimate of drug-likeness (QED) is 0.541. The molecule has 2 N–H and O–H groups in total. The molecule has 0 fully saturated rings. The van der Waals surface area contributed by atoms with Crippen LogP contribution in [0.3, 0.4) is 0 Å². The molecular weight excluding hydrogens is 298 g/mol. The third-order valence-corrected chi connectivity index (χ3v) is 2.31. The molecule has 0 bridgehead atoms. The van der Waals surface area contributed by atoms with Gasteiger partial charge in [-0.3, -0.25) is 4.79 Å². The van der Waals surface area contributed by atoms with Crippen LogP contribution in [0.25, 0.3) is 0 Å². The van der Waals surface area contributed by atoms with Gasteiger partial charge in [0.1, 0.15) is 11.5 Å². The maximum Gasteiger partial charge on any atom is 0.387 e. The van der Waals surface area contributed by atoms with Gasteiger partial charge in [0.25, 0.3) is 0 Å². The molecule has 21 heavy (non-hydrogen) atoms. The molecule has 0 amide bonds. The van der Waals surface area contributed by atoms with Gasteiger partial charge in [-0.1, -0.05) is 6.07 Å². The van der Waals surface area contributed by atoms with Crippen LogP contribution in [0.5, 0.6) is 11.5 Å². The van der Waals surface area contributed by atoms with Gasteiger partial charge < -0.3 is 19.9 Å². The van der Waals surface area contributed by atoms with E-state index < -0.39 is 19.2 Å². The zero-order valence-corrected chi connectivity index (χ0v) is 10.7. The van der Waals surface area contributed by atoms with E-state index in [1.54, 1.807) is 0 Å². The van der Waals surface area contributed by atoms with Crippen molar-refractivity contribution in [1.29, 1.82) is 0 Å². The van der Waals surface area contributed by atoms with Gasteiger partial charge >= 0.3 is 19.2 Å². The monoisotopic (exact) mass is 311 g/mol. The van der Waals surface area contributed by atoms with Gasteiger partial charge in [-0.15, -0.1) is 0 Å². The summed E-state index contributed by atoms with van der Waals surface area (Å²) in [5.41, 5.74) is 0.266. The van der Waals surface area contributed by atoms with Crippen LogP contribution in [0, 0.1) is 0 Å².